The number of rotatable bonds is 5. The van der Waals surface area contributed by atoms with Gasteiger partial charge in [-0.1, -0.05) is 6.08 Å². The first-order valence-electron chi connectivity index (χ1n) is 9.08. The molecule has 4 rings (SSSR count). The van der Waals surface area contributed by atoms with Crippen molar-refractivity contribution >= 4 is 17.0 Å². The van der Waals surface area contributed by atoms with Crippen LogP contribution in [-0.4, -0.2) is 54.2 Å². The molecule has 0 atom stereocenters. The topological polar surface area (TPSA) is 74.0 Å². The third kappa shape index (κ3) is 3.11. The van der Waals surface area contributed by atoms with Gasteiger partial charge in [-0.15, -0.1) is 15.3 Å². The number of nitrogens with zero attached hydrogens (tertiary/aromatic N) is 5. The molecule has 1 aromatic carbocycles. The minimum atomic E-state index is 0.706. The van der Waals surface area contributed by atoms with Crippen molar-refractivity contribution in [3.05, 3.63) is 41.7 Å². The van der Waals surface area contributed by atoms with Gasteiger partial charge in [0.2, 0.25) is 0 Å². The van der Waals surface area contributed by atoms with Crippen LogP contribution >= 0.6 is 0 Å². The van der Waals surface area contributed by atoms with Gasteiger partial charge in [-0.3, -0.25) is 0 Å². The SMILES string of the molecule is COc1cc(OC)c(C2=CCN(c3ccc4nnc(C)n4n3)CC2)c(OC)c1. The van der Waals surface area contributed by atoms with E-state index in [1.54, 1.807) is 25.8 Å². The van der Waals surface area contributed by atoms with Gasteiger partial charge in [0.1, 0.15) is 23.1 Å². The summed E-state index contributed by atoms with van der Waals surface area (Å²) in [5.74, 6) is 3.88. The summed E-state index contributed by atoms with van der Waals surface area (Å²) in [4.78, 5) is 2.23. The van der Waals surface area contributed by atoms with Crippen LogP contribution in [0.15, 0.2) is 30.3 Å². The number of hydrogen-bond acceptors (Lipinski definition) is 7. The number of aromatic nitrogens is 4. The fourth-order valence-corrected chi connectivity index (χ4v) is 3.48. The van der Waals surface area contributed by atoms with Gasteiger partial charge in [-0.2, -0.15) is 4.52 Å². The van der Waals surface area contributed by atoms with Crippen LogP contribution in [0.25, 0.3) is 11.2 Å². The van der Waals surface area contributed by atoms with Crippen LogP contribution in [0, 0.1) is 6.92 Å². The van der Waals surface area contributed by atoms with Gasteiger partial charge in [-0.25, -0.2) is 0 Å². The van der Waals surface area contributed by atoms with Crippen LogP contribution in [0.5, 0.6) is 17.2 Å². The highest BCUT2D eigenvalue weighted by Gasteiger charge is 2.22. The number of hydrogen-bond donors (Lipinski definition) is 0. The zero-order valence-electron chi connectivity index (χ0n) is 16.5. The third-order valence-corrected chi connectivity index (χ3v) is 4.97. The van der Waals surface area contributed by atoms with Crippen molar-refractivity contribution < 1.29 is 14.2 Å². The Labute approximate surface area is 163 Å². The Kier molecular flexibility index (Phi) is 4.77. The van der Waals surface area contributed by atoms with E-state index in [2.05, 4.69) is 26.3 Å². The van der Waals surface area contributed by atoms with Gasteiger partial charge in [0.25, 0.3) is 0 Å². The molecule has 0 N–H and O–H groups in total. The Morgan fingerprint density at radius 1 is 0.964 bits per heavy atom. The van der Waals surface area contributed by atoms with E-state index in [9.17, 15) is 0 Å². The van der Waals surface area contributed by atoms with E-state index in [1.165, 1.54) is 5.57 Å². The van der Waals surface area contributed by atoms with Crippen molar-refractivity contribution in [2.45, 2.75) is 13.3 Å². The average molecular weight is 381 g/mol. The van der Waals surface area contributed by atoms with E-state index in [0.717, 1.165) is 53.9 Å². The number of aryl methyl sites for hydroxylation is 1. The van der Waals surface area contributed by atoms with Crippen LogP contribution in [-0.2, 0) is 0 Å². The van der Waals surface area contributed by atoms with Crippen LogP contribution in [0.1, 0.15) is 17.8 Å². The fourth-order valence-electron chi connectivity index (χ4n) is 3.48. The summed E-state index contributed by atoms with van der Waals surface area (Å²) in [5.41, 5.74) is 2.92. The maximum absolute atomic E-state index is 5.60. The van der Waals surface area contributed by atoms with E-state index in [-0.39, 0.29) is 0 Å². The molecule has 0 spiro atoms. The highest BCUT2D eigenvalue weighted by atomic mass is 16.5. The molecule has 3 heterocycles. The number of benzene rings is 1. The van der Waals surface area contributed by atoms with Crippen molar-refractivity contribution in [2.75, 3.05) is 39.3 Å². The largest absolute Gasteiger partial charge is 0.496 e. The lowest BCUT2D eigenvalue weighted by atomic mass is 9.97. The molecule has 28 heavy (non-hydrogen) atoms. The van der Waals surface area contributed by atoms with Gasteiger partial charge in [-0.05, 0) is 31.1 Å². The smallest absolute Gasteiger partial charge is 0.178 e. The fraction of sp³-hybridized carbons (Fsp3) is 0.350. The number of fused-ring (bicyclic) bond motifs is 1. The van der Waals surface area contributed by atoms with Crippen molar-refractivity contribution in [1.82, 2.24) is 19.8 Å². The van der Waals surface area contributed by atoms with E-state index in [1.807, 2.05) is 31.2 Å². The summed E-state index contributed by atoms with van der Waals surface area (Å²) in [5, 5.41) is 12.8. The van der Waals surface area contributed by atoms with E-state index in [0.29, 0.717) is 5.75 Å². The number of methoxy groups -OCH3 is 3. The number of anilines is 1. The summed E-state index contributed by atoms with van der Waals surface area (Å²) in [6.45, 7) is 3.48. The lowest BCUT2D eigenvalue weighted by molar-refractivity contribution is 0.373. The molecule has 0 saturated carbocycles. The zero-order valence-corrected chi connectivity index (χ0v) is 16.5. The lowest BCUT2D eigenvalue weighted by Gasteiger charge is -2.28. The molecule has 146 valence electrons. The minimum absolute atomic E-state index is 0.706. The molecule has 1 aliphatic rings. The van der Waals surface area contributed by atoms with Gasteiger partial charge >= 0.3 is 0 Å². The lowest BCUT2D eigenvalue weighted by Crippen LogP contribution is -2.29. The van der Waals surface area contributed by atoms with Gasteiger partial charge in [0.05, 0.1) is 26.9 Å². The van der Waals surface area contributed by atoms with Gasteiger partial charge < -0.3 is 19.1 Å². The second-order valence-electron chi connectivity index (χ2n) is 6.54. The Hall–Kier alpha value is -3.29. The van der Waals surface area contributed by atoms with Crippen molar-refractivity contribution in [2.24, 2.45) is 0 Å². The summed E-state index contributed by atoms with van der Waals surface area (Å²) >= 11 is 0. The highest BCUT2D eigenvalue weighted by molar-refractivity contribution is 5.78. The summed E-state index contributed by atoms with van der Waals surface area (Å²) in [7, 11) is 4.95. The maximum atomic E-state index is 5.60. The van der Waals surface area contributed by atoms with E-state index in [4.69, 9.17) is 14.2 Å². The first-order valence-corrected chi connectivity index (χ1v) is 9.08. The molecule has 3 aromatic rings. The Morgan fingerprint density at radius 3 is 2.32 bits per heavy atom. The van der Waals surface area contributed by atoms with E-state index >= 15 is 0 Å². The summed E-state index contributed by atoms with van der Waals surface area (Å²) < 4.78 is 18.3. The van der Waals surface area contributed by atoms with Crippen molar-refractivity contribution in [1.29, 1.82) is 0 Å². The van der Waals surface area contributed by atoms with Crippen LogP contribution in [0.2, 0.25) is 0 Å². The van der Waals surface area contributed by atoms with Gasteiger partial charge in [0, 0.05) is 25.2 Å². The maximum Gasteiger partial charge on any atom is 0.178 e. The molecule has 0 amide bonds. The molecule has 8 nitrogen and oxygen atoms in total. The molecule has 0 unspecified atom stereocenters. The van der Waals surface area contributed by atoms with Crippen LogP contribution in [0.3, 0.4) is 0 Å². The molecule has 8 heteroatoms. The standard InChI is InChI=1S/C20H23N5O3/c1-13-21-22-18-5-6-19(23-25(13)18)24-9-7-14(8-10-24)20-16(27-3)11-15(26-2)12-17(20)28-4/h5-7,11-12H,8-10H2,1-4H3. The second-order valence-corrected chi connectivity index (χ2v) is 6.54. The molecule has 0 aliphatic carbocycles. The predicted octanol–water partition coefficient (Wildman–Crippen LogP) is 2.75. The zero-order chi connectivity index (χ0) is 19.7. The van der Waals surface area contributed by atoms with Crippen LogP contribution < -0.4 is 19.1 Å². The highest BCUT2D eigenvalue weighted by Crippen LogP contribution is 2.41. The van der Waals surface area contributed by atoms with Crippen molar-refractivity contribution in [3.8, 4) is 17.2 Å². The molecule has 2 aromatic heterocycles. The molecule has 1 aliphatic heterocycles. The summed E-state index contributed by atoms with van der Waals surface area (Å²) in [6, 6.07) is 7.69. The first kappa shape index (κ1) is 18.1. The monoisotopic (exact) mass is 381 g/mol. The van der Waals surface area contributed by atoms with E-state index < -0.39 is 0 Å². The molecular weight excluding hydrogens is 358 g/mol. The minimum Gasteiger partial charge on any atom is -0.496 e. The predicted molar refractivity (Wildman–Crippen MR) is 106 cm³/mol. The Balaban J connectivity index is 1.64. The Bertz CT molecular complexity index is 1020. The molecule has 0 bridgehead atoms. The van der Waals surface area contributed by atoms with Gasteiger partial charge in [0.15, 0.2) is 11.5 Å². The first-order chi connectivity index (χ1) is 13.6. The third-order valence-electron chi connectivity index (χ3n) is 4.97. The average Bonchev–Trinajstić information content (AvgIpc) is 3.13. The molecule has 0 saturated heterocycles. The normalized spacial score (nSPS) is 14.1. The summed E-state index contributed by atoms with van der Waals surface area (Å²) in [6.07, 6.45) is 3.04. The van der Waals surface area contributed by atoms with Crippen molar-refractivity contribution in [3.63, 3.8) is 0 Å². The Morgan fingerprint density at radius 2 is 1.71 bits per heavy atom. The molecule has 0 fully saturated rings. The second kappa shape index (κ2) is 7.38. The van der Waals surface area contributed by atoms with Crippen LogP contribution in [0.4, 0.5) is 5.82 Å². The molecular formula is C20H23N5O3. The quantitative estimate of drug-likeness (QED) is 0.673. The number of ether oxygens (including phenoxy) is 3. The molecule has 0 radical (unpaired) electrons.